The number of rotatable bonds is 5. The normalized spacial score (nSPS) is 15.2. The molecular formula is C31H35N5O2. The molecule has 1 aliphatic carbocycles. The van der Waals surface area contributed by atoms with Crippen LogP contribution in [0.4, 0.5) is 0 Å². The zero-order valence-electron chi connectivity index (χ0n) is 22.0. The standard InChI is InChI=1S/C23H21N3O.C8H14N2O/c1-27-15-20-12-13-21-24-22(19-11-10-16-8-5-9-18(16)14-19)23(26(21)25-20)17-6-3-2-4-7-17;1-2-8(11)10-5-3-7(9)4-6-10/h2-4,6-7,10-14H,5,8-9,15H2,1H3;2,7H,1,3-6,9H2. The quantitative estimate of drug-likeness (QED) is 0.390. The molecule has 7 heteroatoms. The second-order valence-corrected chi connectivity index (χ2v) is 9.91. The molecule has 1 amide bonds. The van der Waals surface area contributed by atoms with Crippen molar-refractivity contribution in [3.63, 3.8) is 0 Å². The largest absolute Gasteiger partial charge is 0.378 e. The van der Waals surface area contributed by atoms with Gasteiger partial charge in [-0.15, -0.1) is 0 Å². The number of fused-ring (bicyclic) bond motifs is 2. The zero-order chi connectivity index (χ0) is 26.5. The van der Waals surface area contributed by atoms with E-state index in [0.717, 1.165) is 66.2 Å². The summed E-state index contributed by atoms with van der Waals surface area (Å²) in [6.07, 6.45) is 6.79. The molecule has 0 saturated carbocycles. The first-order valence-electron chi connectivity index (χ1n) is 13.3. The Bertz CT molecular complexity index is 1420. The van der Waals surface area contributed by atoms with Gasteiger partial charge in [0.1, 0.15) is 5.69 Å². The molecule has 3 heterocycles. The Balaban J connectivity index is 0.000000226. The summed E-state index contributed by atoms with van der Waals surface area (Å²) in [5.74, 6) is 0.0249. The highest BCUT2D eigenvalue weighted by Gasteiger charge is 2.20. The average molecular weight is 510 g/mol. The summed E-state index contributed by atoms with van der Waals surface area (Å²) in [6, 6.07) is 21.4. The van der Waals surface area contributed by atoms with Crippen LogP contribution in [0, 0.1) is 0 Å². The molecule has 7 nitrogen and oxygen atoms in total. The van der Waals surface area contributed by atoms with E-state index in [9.17, 15) is 4.79 Å². The van der Waals surface area contributed by atoms with Crippen molar-refractivity contribution in [2.75, 3.05) is 20.2 Å². The van der Waals surface area contributed by atoms with Crippen LogP contribution in [0.2, 0.25) is 0 Å². The molecule has 0 spiro atoms. The van der Waals surface area contributed by atoms with Crippen molar-refractivity contribution < 1.29 is 9.53 Å². The van der Waals surface area contributed by atoms with Gasteiger partial charge in [-0.2, -0.15) is 5.10 Å². The Hall–Kier alpha value is -3.81. The first-order valence-corrected chi connectivity index (χ1v) is 13.3. The molecule has 0 unspecified atom stereocenters. The molecule has 4 aromatic rings. The molecule has 1 saturated heterocycles. The molecule has 2 aromatic heterocycles. The molecule has 0 atom stereocenters. The highest BCUT2D eigenvalue weighted by molar-refractivity contribution is 5.87. The smallest absolute Gasteiger partial charge is 0.245 e. The van der Waals surface area contributed by atoms with Gasteiger partial charge in [0.15, 0.2) is 5.65 Å². The Kier molecular flexibility index (Phi) is 7.96. The molecule has 38 heavy (non-hydrogen) atoms. The topological polar surface area (TPSA) is 85.8 Å². The van der Waals surface area contributed by atoms with Gasteiger partial charge in [-0.05, 0) is 67.5 Å². The van der Waals surface area contributed by atoms with Crippen molar-refractivity contribution in [3.05, 3.63) is 90.1 Å². The van der Waals surface area contributed by atoms with Crippen LogP contribution in [0.1, 0.15) is 36.1 Å². The van der Waals surface area contributed by atoms with Gasteiger partial charge in [0.05, 0.1) is 18.0 Å². The number of carbonyl (C=O) groups is 1. The maximum Gasteiger partial charge on any atom is 0.245 e. The van der Waals surface area contributed by atoms with Crippen molar-refractivity contribution in [1.29, 1.82) is 0 Å². The molecule has 0 radical (unpaired) electrons. The fourth-order valence-corrected chi connectivity index (χ4v) is 5.22. The highest BCUT2D eigenvalue weighted by Crippen LogP contribution is 2.34. The maximum atomic E-state index is 11.0. The van der Waals surface area contributed by atoms with Gasteiger partial charge >= 0.3 is 0 Å². The van der Waals surface area contributed by atoms with Crippen molar-refractivity contribution in [2.24, 2.45) is 5.73 Å². The Morgan fingerprint density at radius 1 is 1.05 bits per heavy atom. The van der Waals surface area contributed by atoms with Gasteiger partial charge in [-0.25, -0.2) is 9.50 Å². The van der Waals surface area contributed by atoms with Gasteiger partial charge in [-0.1, -0.05) is 49.0 Å². The maximum absolute atomic E-state index is 11.0. The number of nitrogens with zero attached hydrogens (tertiary/aromatic N) is 4. The average Bonchev–Trinajstić information content (AvgIpc) is 3.58. The number of hydrogen-bond donors (Lipinski definition) is 1. The highest BCUT2D eigenvalue weighted by atomic mass is 16.5. The SMILES string of the molecule is C=CC(=O)N1CCC(N)CC1.COCc1ccc2nc(-c3ccc4c(c3)CCC4)c(-c3ccccc3)n2n1. The first-order chi connectivity index (χ1) is 18.6. The third-order valence-corrected chi connectivity index (χ3v) is 7.27. The number of aromatic nitrogens is 3. The number of aryl methyl sites for hydroxylation is 2. The molecule has 6 rings (SSSR count). The predicted octanol–water partition coefficient (Wildman–Crippen LogP) is 4.82. The second kappa shape index (κ2) is 11.7. The van der Waals surface area contributed by atoms with Gasteiger partial charge in [0, 0.05) is 37.4 Å². The van der Waals surface area contributed by atoms with Crippen LogP contribution in [-0.4, -0.2) is 51.6 Å². The first kappa shape index (κ1) is 25.8. The Labute approximate surface area is 223 Å². The van der Waals surface area contributed by atoms with E-state index in [4.69, 9.17) is 20.6 Å². The van der Waals surface area contributed by atoms with E-state index in [2.05, 4.69) is 49.0 Å². The van der Waals surface area contributed by atoms with Crippen molar-refractivity contribution in [2.45, 2.75) is 44.8 Å². The van der Waals surface area contributed by atoms with E-state index >= 15 is 0 Å². The van der Waals surface area contributed by atoms with Gasteiger partial charge in [0.2, 0.25) is 5.91 Å². The van der Waals surface area contributed by atoms with Gasteiger partial charge in [0.25, 0.3) is 0 Å². The van der Waals surface area contributed by atoms with Crippen LogP contribution < -0.4 is 5.73 Å². The van der Waals surface area contributed by atoms with E-state index in [1.165, 1.54) is 30.0 Å². The van der Waals surface area contributed by atoms with Crippen molar-refractivity contribution in [1.82, 2.24) is 19.5 Å². The summed E-state index contributed by atoms with van der Waals surface area (Å²) in [5.41, 5.74) is 14.6. The van der Waals surface area contributed by atoms with Crippen LogP contribution in [-0.2, 0) is 29.0 Å². The number of likely N-dealkylation sites (tertiary alicyclic amines) is 1. The fraction of sp³-hybridized carbons (Fsp3) is 0.323. The lowest BCUT2D eigenvalue weighted by atomic mass is 10.0. The number of imidazole rings is 1. The minimum atomic E-state index is 0.0249. The van der Waals surface area contributed by atoms with Crippen LogP contribution >= 0.6 is 0 Å². The summed E-state index contributed by atoms with van der Waals surface area (Å²) in [5, 5.41) is 4.79. The molecule has 2 aromatic carbocycles. The summed E-state index contributed by atoms with van der Waals surface area (Å²) >= 11 is 0. The third kappa shape index (κ3) is 5.54. The predicted molar refractivity (Wildman–Crippen MR) is 151 cm³/mol. The molecule has 2 aliphatic rings. The Morgan fingerprint density at radius 2 is 1.82 bits per heavy atom. The fourth-order valence-electron chi connectivity index (χ4n) is 5.22. The molecule has 196 valence electrons. The third-order valence-electron chi connectivity index (χ3n) is 7.27. The van der Waals surface area contributed by atoms with Crippen LogP contribution in [0.15, 0.2) is 73.3 Å². The number of hydrogen-bond acceptors (Lipinski definition) is 5. The minimum absolute atomic E-state index is 0.0249. The van der Waals surface area contributed by atoms with E-state index in [0.29, 0.717) is 6.61 Å². The number of benzene rings is 2. The minimum Gasteiger partial charge on any atom is -0.378 e. The van der Waals surface area contributed by atoms with E-state index < -0.39 is 0 Å². The van der Waals surface area contributed by atoms with Gasteiger partial charge in [-0.3, -0.25) is 4.79 Å². The van der Waals surface area contributed by atoms with E-state index in [1.54, 1.807) is 12.0 Å². The molecule has 2 N–H and O–H groups in total. The molecular weight excluding hydrogens is 474 g/mol. The lowest BCUT2D eigenvalue weighted by molar-refractivity contribution is -0.126. The second-order valence-electron chi connectivity index (χ2n) is 9.91. The van der Waals surface area contributed by atoms with Crippen LogP contribution in [0.5, 0.6) is 0 Å². The van der Waals surface area contributed by atoms with Crippen molar-refractivity contribution >= 4 is 11.6 Å². The summed E-state index contributed by atoms with van der Waals surface area (Å²) in [6.45, 7) is 5.48. The molecule has 0 bridgehead atoms. The Morgan fingerprint density at radius 3 is 2.55 bits per heavy atom. The van der Waals surface area contributed by atoms with Crippen molar-refractivity contribution in [3.8, 4) is 22.5 Å². The van der Waals surface area contributed by atoms with Crippen LogP contribution in [0.25, 0.3) is 28.2 Å². The van der Waals surface area contributed by atoms with Gasteiger partial charge < -0.3 is 15.4 Å². The number of methoxy groups -OCH3 is 1. The summed E-state index contributed by atoms with van der Waals surface area (Å²) in [7, 11) is 1.69. The number of piperidine rings is 1. The van der Waals surface area contributed by atoms with E-state index in [1.807, 2.05) is 22.7 Å². The van der Waals surface area contributed by atoms with E-state index in [-0.39, 0.29) is 11.9 Å². The zero-order valence-corrected chi connectivity index (χ0v) is 22.0. The number of nitrogens with two attached hydrogens (primary N) is 1. The monoisotopic (exact) mass is 509 g/mol. The summed E-state index contributed by atoms with van der Waals surface area (Å²) < 4.78 is 7.22. The lowest BCUT2D eigenvalue weighted by Crippen LogP contribution is -2.42. The molecule has 1 aliphatic heterocycles. The molecule has 1 fully saturated rings. The lowest BCUT2D eigenvalue weighted by Gasteiger charge is -2.29. The number of carbonyl (C=O) groups excluding carboxylic acids is 1. The summed E-state index contributed by atoms with van der Waals surface area (Å²) in [4.78, 5) is 17.8. The number of ether oxygens (including phenoxy) is 1. The number of amides is 1. The van der Waals surface area contributed by atoms with Crippen LogP contribution in [0.3, 0.4) is 0 Å².